The largest absolute Gasteiger partial charge is 0.377 e. The molecule has 3 aromatic rings. The maximum Gasteiger partial charge on any atom is 0.246 e. The number of thiazole rings is 1. The average molecular weight is 550 g/mol. The first-order chi connectivity index (χ1) is 19.0. The van der Waals surface area contributed by atoms with Crippen molar-refractivity contribution in [2.24, 2.45) is 0 Å². The fourth-order valence-electron chi connectivity index (χ4n) is 4.41. The minimum Gasteiger partial charge on any atom is -0.377 e. The molecule has 0 unspecified atom stereocenters. The summed E-state index contributed by atoms with van der Waals surface area (Å²) in [6.45, 7) is 5.20. The third-order valence-corrected chi connectivity index (χ3v) is 7.40. The number of nitrogens with one attached hydrogen (secondary N) is 2. The van der Waals surface area contributed by atoms with Gasteiger partial charge in [-0.3, -0.25) is 9.59 Å². The van der Waals surface area contributed by atoms with Gasteiger partial charge in [0.2, 0.25) is 11.8 Å². The van der Waals surface area contributed by atoms with E-state index < -0.39 is 6.04 Å². The molecule has 0 saturated carbocycles. The number of morpholine rings is 1. The van der Waals surface area contributed by atoms with E-state index in [1.165, 1.54) is 28.4 Å². The van der Waals surface area contributed by atoms with E-state index in [4.69, 9.17) is 4.74 Å². The molecule has 5 rings (SSSR count). The maximum absolute atomic E-state index is 14.6. The van der Waals surface area contributed by atoms with Gasteiger partial charge in [0.25, 0.3) is 0 Å². The number of ether oxygens (including phenoxy) is 1. The van der Waals surface area contributed by atoms with Crippen molar-refractivity contribution in [2.45, 2.75) is 25.4 Å². The molecule has 2 N–H and O–H groups in total. The molecule has 12 heteroatoms. The van der Waals surface area contributed by atoms with Crippen molar-refractivity contribution in [1.82, 2.24) is 29.7 Å². The van der Waals surface area contributed by atoms with Crippen molar-refractivity contribution in [3.63, 3.8) is 0 Å². The first kappa shape index (κ1) is 26.4. The zero-order valence-electron chi connectivity index (χ0n) is 21.2. The molecule has 1 aliphatic carbocycles. The fraction of sp³-hybridized carbons (Fsp3) is 0.296. The van der Waals surface area contributed by atoms with E-state index in [0.29, 0.717) is 54.7 Å². The number of rotatable bonds is 8. The van der Waals surface area contributed by atoms with Crippen LogP contribution in [0.25, 0.3) is 16.6 Å². The van der Waals surface area contributed by atoms with Gasteiger partial charge in [0.1, 0.15) is 23.2 Å². The van der Waals surface area contributed by atoms with Crippen LogP contribution in [0.4, 0.5) is 15.3 Å². The number of carbonyl (C=O) groups excluding carboxylic acids is 2. The van der Waals surface area contributed by atoms with E-state index >= 15 is 0 Å². The van der Waals surface area contributed by atoms with Crippen LogP contribution in [0.5, 0.6) is 0 Å². The van der Waals surface area contributed by atoms with Crippen molar-refractivity contribution in [2.75, 3.05) is 31.6 Å². The Kier molecular flexibility index (Phi) is 8.23. The Morgan fingerprint density at radius 3 is 3.03 bits per heavy atom. The number of amides is 2. The van der Waals surface area contributed by atoms with Crippen LogP contribution in [0.1, 0.15) is 17.7 Å². The molecular formula is C27H28FN7O3S. The number of hydrogen-bond acceptors (Lipinski definition) is 8. The number of imidazole rings is 1. The molecule has 1 aliphatic heterocycles. The van der Waals surface area contributed by atoms with Gasteiger partial charge in [0.15, 0.2) is 5.13 Å². The molecule has 2 amide bonds. The van der Waals surface area contributed by atoms with Gasteiger partial charge in [-0.05, 0) is 25.0 Å². The standard InChI is InChI=1S/C27H28FN7O3S/c1-2-25(36)35-11-12-38-16-22(35)26(37)29-9-10-34-17-32-20-14-30-24(13-21(20)34)33-27-31-15-23(39-27)18-7-5-3-4-6-8-19(18)28/h2-4,6,8,13-15,17,22H,1,5,7,9-12,16H2,(H,29,37)(H,30,31,33)/b4-3-,8-6-,19-18-/t22-/m0/s1. The number of allylic oxidation sites excluding steroid dienone is 6. The predicted molar refractivity (Wildman–Crippen MR) is 148 cm³/mol. The molecule has 3 aromatic heterocycles. The van der Waals surface area contributed by atoms with Gasteiger partial charge in [0, 0.05) is 37.5 Å². The van der Waals surface area contributed by atoms with Crippen molar-refractivity contribution >= 4 is 50.7 Å². The molecule has 1 saturated heterocycles. The molecule has 39 heavy (non-hydrogen) atoms. The second-order valence-corrected chi connectivity index (χ2v) is 9.95. The minimum atomic E-state index is -0.689. The lowest BCUT2D eigenvalue weighted by Crippen LogP contribution is -2.55. The third kappa shape index (κ3) is 6.13. The van der Waals surface area contributed by atoms with E-state index in [2.05, 4.69) is 32.2 Å². The van der Waals surface area contributed by atoms with Crippen LogP contribution in [-0.2, 0) is 20.9 Å². The van der Waals surface area contributed by atoms with Gasteiger partial charge in [-0.15, -0.1) is 0 Å². The highest BCUT2D eigenvalue weighted by Crippen LogP contribution is 2.33. The van der Waals surface area contributed by atoms with Gasteiger partial charge in [-0.25, -0.2) is 19.3 Å². The number of anilines is 2. The monoisotopic (exact) mass is 549 g/mol. The normalized spacial score (nSPS) is 21.2. The number of aromatic nitrogens is 4. The van der Waals surface area contributed by atoms with E-state index in [9.17, 15) is 14.0 Å². The van der Waals surface area contributed by atoms with Crippen molar-refractivity contribution < 1.29 is 18.7 Å². The quantitative estimate of drug-likeness (QED) is 0.412. The molecular weight excluding hydrogens is 521 g/mol. The molecule has 202 valence electrons. The smallest absolute Gasteiger partial charge is 0.246 e. The van der Waals surface area contributed by atoms with E-state index in [1.807, 2.05) is 22.8 Å². The average Bonchev–Trinajstić information content (AvgIpc) is 3.57. The van der Waals surface area contributed by atoms with Crippen molar-refractivity contribution in [3.8, 4) is 0 Å². The minimum absolute atomic E-state index is 0.149. The predicted octanol–water partition coefficient (Wildman–Crippen LogP) is 3.75. The lowest BCUT2D eigenvalue weighted by molar-refractivity contribution is -0.145. The molecule has 1 atom stereocenters. The second-order valence-electron chi connectivity index (χ2n) is 8.92. The Hall–Kier alpha value is -4.16. The molecule has 10 nitrogen and oxygen atoms in total. The Morgan fingerprint density at radius 2 is 2.15 bits per heavy atom. The summed E-state index contributed by atoms with van der Waals surface area (Å²) in [5.74, 6) is -0.247. The zero-order chi connectivity index (χ0) is 27.2. The Balaban J connectivity index is 1.23. The fourth-order valence-corrected chi connectivity index (χ4v) is 5.31. The molecule has 2 aliphatic rings. The summed E-state index contributed by atoms with van der Waals surface area (Å²) in [7, 11) is 0. The topological polar surface area (TPSA) is 114 Å². The van der Waals surface area contributed by atoms with Crippen LogP contribution in [0.3, 0.4) is 0 Å². The molecule has 0 radical (unpaired) electrons. The molecule has 4 heterocycles. The number of carbonyl (C=O) groups is 2. The first-order valence-electron chi connectivity index (χ1n) is 12.6. The summed E-state index contributed by atoms with van der Waals surface area (Å²) < 4.78 is 21.9. The third-order valence-electron chi connectivity index (χ3n) is 6.43. The van der Waals surface area contributed by atoms with E-state index in [-0.39, 0.29) is 24.2 Å². The highest BCUT2D eigenvalue weighted by Gasteiger charge is 2.31. The van der Waals surface area contributed by atoms with Crippen LogP contribution in [0, 0.1) is 0 Å². The summed E-state index contributed by atoms with van der Waals surface area (Å²) in [4.78, 5) is 40.3. The number of hydrogen-bond donors (Lipinski definition) is 2. The highest BCUT2D eigenvalue weighted by molar-refractivity contribution is 7.16. The van der Waals surface area contributed by atoms with Crippen LogP contribution in [0.2, 0.25) is 0 Å². The summed E-state index contributed by atoms with van der Waals surface area (Å²) >= 11 is 1.37. The summed E-state index contributed by atoms with van der Waals surface area (Å²) in [6.07, 6.45) is 14.6. The van der Waals surface area contributed by atoms with Gasteiger partial charge in [-0.2, -0.15) is 0 Å². The summed E-state index contributed by atoms with van der Waals surface area (Å²) in [6, 6.07) is 1.17. The van der Waals surface area contributed by atoms with E-state index in [0.717, 1.165) is 16.8 Å². The van der Waals surface area contributed by atoms with Crippen LogP contribution >= 0.6 is 11.3 Å². The number of halogens is 1. The first-order valence-corrected chi connectivity index (χ1v) is 13.4. The molecule has 0 bridgehead atoms. The summed E-state index contributed by atoms with van der Waals surface area (Å²) in [5.41, 5.74) is 2.17. The molecule has 0 spiro atoms. The maximum atomic E-state index is 14.6. The van der Waals surface area contributed by atoms with Gasteiger partial charge >= 0.3 is 0 Å². The summed E-state index contributed by atoms with van der Waals surface area (Å²) in [5, 5.41) is 6.69. The van der Waals surface area contributed by atoms with Crippen LogP contribution in [0.15, 0.2) is 67.6 Å². The Morgan fingerprint density at radius 1 is 1.26 bits per heavy atom. The Labute approximate surface area is 228 Å². The van der Waals surface area contributed by atoms with Crippen LogP contribution in [-0.4, -0.2) is 68.6 Å². The molecule has 1 fully saturated rings. The van der Waals surface area contributed by atoms with E-state index in [1.54, 1.807) is 24.8 Å². The number of pyridine rings is 1. The van der Waals surface area contributed by atoms with Crippen molar-refractivity contribution in [3.05, 3.63) is 72.5 Å². The number of nitrogens with zero attached hydrogens (tertiary/aromatic N) is 5. The van der Waals surface area contributed by atoms with Crippen molar-refractivity contribution in [1.29, 1.82) is 0 Å². The zero-order valence-corrected chi connectivity index (χ0v) is 22.0. The van der Waals surface area contributed by atoms with Gasteiger partial charge < -0.3 is 24.8 Å². The van der Waals surface area contributed by atoms with Crippen LogP contribution < -0.4 is 10.6 Å². The lowest BCUT2D eigenvalue weighted by Gasteiger charge is -2.33. The Bertz CT molecular complexity index is 1470. The SMILES string of the molecule is C=CC(=O)N1CCOC[C@H]1C(=O)NCCn1cnc2cnc(Nc3ncc(/C4=C(F)/C=C\C=C/CC4)s3)cc21. The highest BCUT2D eigenvalue weighted by atomic mass is 32.1. The van der Waals surface area contributed by atoms with Gasteiger partial charge in [0.05, 0.1) is 36.1 Å². The van der Waals surface area contributed by atoms with Gasteiger partial charge in [-0.1, -0.05) is 36.1 Å². The molecule has 0 aromatic carbocycles. The lowest BCUT2D eigenvalue weighted by atomic mass is 10.1. The number of fused-ring (bicyclic) bond motifs is 1. The second kappa shape index (κ2) is 12.1.